The molecule has 0 spiro atoms. The summed E-state index contributed by atoms with van der Waals surface area (Å²) >= 11 is 3.28. The minimum Gasteiger partial charge on any atom is -0.367 e. The third kappa shape index (κ3) is 5.91. The van der Waals surface area contributed by atoms with Crippen molar-refractivity contribution in [2.24, 2.45) is 5.92 Å². The number of carbonyl (C=O) groups is 3. The van der Waals surface area contributed by atoms with E-state index in [-0.39, 0.29) is 41.5 Å². The van der Waals surface area contributed by atoms with Crippen LogP contribution < -0.4 is 10.2 Å². The largest absolute Gasteiger partial charge is 0.367 e. The van der Waals surface area contributed by atoms with Crippen molar-refractivity contribution in [2.45, 2.75) is 55.5 Å². The van der Waals surface area contributed by atoms with E-state index < -0.39 is 12.1 Å². The molecule has 4 atom stereocenters. The summed E-state index contributed by atoms with van der Waals surface area (Å²) in [5.74, 6) is -0.386. The molecule has 2 amide bonds. The van der Waals surface area contributed by atoms with Crippen molar-refractivity contribution in [3.63, 3.8) is 0 Å². The van der Waals surface area contributed by atoms with Crippen LogP contribution in [0.5, 0.6) is 0 Å². The lowest BCUT2D eigenvalue weighted by Gasteiger charge is -2.34. The van der Waals surface area contributed by atoms with Gasteiger partial charge in [-0.05, 0) is 44.2 Å². The number of benzene rings is 1. The molecule has 1 aliphatic carbocycles. The molecule has 220 valence electrons. The van der Waals surface area contributed by atoms with Gasteiger partial charge >= 0.3 is 0 Å². The average molecular weight is 598 g/mol. The van der Waals surface area contributed by atoms with Crippen molar-refractivity contribution in [3.05, 3.63) is 35.2 Å². The highest BCUT2D eigenvalue weighted by molar-refractivity contribution is 7.99. The van der Waals surface area contributed by atoms with E-state index in [9.17, 15) is 14.4 Å². The van der Waals surface area contributed by atoms with Crippen LogP contribution >= 0.6 is 23.1 Å². The molecule has 1 aromatic heterocycles. The zero-order valence-electron chi connectivity index (χ0n) is 23.8. The number of likely N-dealkylation sites (N-methyl/N-ethyl adjacent to an activating group) is 1. The number of carbonyl (C=O) groups excluding carboxylic acids is 3. The van der Waals surface area contributed by atoms with E-state index in [1.54, 1.807) is 28.0 Å². The van der Waals surface area contributed by atoms with E-state index in [1.807, 2.05) is 30.5 Å². The lowest BCUT2D eigenvalue weighted by Crippen LogP contribution is -2.55. The van der Waals surface area contributed by atoms with Gasteiger partial charge in [-0.3, -0.25) is 14.4 Å². The van der Waals surface area contributed by atoms with Gasteiger partial charge in [0.2, 0.25) is 5.91 Å². The number of anilines is 1. The van der Waals surface area contributed by atoms with Crippen LogP contribution in [-0.2, 0) is 14.3 Å². The van der Waals surface area contributed by atoms with E-state index in [4.69, 9.17) is 9.72 Å². The van der Waals surface area contributed by atoms with E-state index in [0.717, 1.165) is 74.7 Å². The summed E-state index contributed by atoms with van der Waals surface area (Å²) in [6, 6.07) is 6.28. The number of amides is 2. The SMILES string of the molecule is CS[C@H]1CN(C(=O)[C@@H](NC(=O)c2ccc(-c3csc(N4CCN(C)CC4)n3)cc2)C2CCCCC2)[C@@H]2C(=O)CO[C@H]12. The normalized spacial score (nSPS) is 26.3. The van der Waals surface area contributed by atoms with Crippen molar-refractivity contribution in [1.82, 2.24) is 20.1 Å². The third-order valence-corrected chi connectivity index (χ3v) is 11.0. The van der Waals surface area contributed by atoms with E-state index in [1.165, 1.54) is 0 Å². The Labute approximate surface area is 250 Å². The Kier molecular flexibility index (Phi) is 8.67. The van der Waals surface area contributed by atoms with Gasteiger partial charge in [-0.25, -0.2) is 4.98 Å². The van der Waals surface area contributed by atoms with Crippen LogP contribution in [0.4, 0.5) is 5.13 Å². The van der Waals surface area contributed by atoms with Gasteiger partial charge in [0.1, 0.15) is 18.7 Å². The second-order valence-corrected chi connectivity index (χ2v) is 13.6. The van der Waals surface area contributed by atoms with Crippen LogP contribution in [0.1, 0.15) is 42.5 Å². The number of rotatable bonds is 7. The number of nitrogens with zero attached hydrogens (tertiary/aromatic N) is 4. The quantitative estimate of drug-likeness (QED) is 0.520. The molecular formula is C30H39N5O4S2. The van der Waals surface area contributed by atoms with Crippen molar-refractivity contribution < 1.29 is 19.1 Å². The number of likely N-dealkylation sites (tertiary alicyclic amines) is 1. The van der Waals surface area contributed by atoms with Crippen LogP contribution in [0.15, 0.2) is 29.6 Å². The summed E-state index contributed by atoms with van der Waals surface area (Å²) < 4.78 is 5.78. The molecule has 4 heterocycles. The predicted octanol–water partition coefficient (Wildman–Crippen LogP) is 3.15. The van der Waals surface area contributed by atoms with Gasteiger partial charge in [0, 0.05) is 49.2 Å². The molecule has 4 fully saturated rings. The van der Waals surface area contributed by atoms with Crippen LogP contribution in [0.25, 0.3) is 11.3 Å². The van der Waals surface area contributed by atoms with Crippen LogP contribution in [0, 0.1) is 5.92 Å². The lowest BCUT2D eigenvalue weighted by atomic mass is 9.83. The Morgan fingerprint density at radius 1 is 1.10 bits per heavy atom. The number of thiazole rings is 1. The number of fused-ring (bicyclic) bond motifs is 1. The fourth-order valence-electron chi connectivity index (χ4n) is 6.63. The summed E-state index contributed by atoms with van der Waals surface area (Å²) in [6.07, 6.45) is 6.76. The number of ketones is 1. The lowest BCUT2D eigenvalue weighted by molar-refractivity contribution is -0.139. The number of nitrogens with one attached hydrogen (secondary N) is 1. The molecule has 2 aromatic rings. The Bertz CT molecular complexity index is 1260. The fourth-order valence-corrected chi connectivity index (χ4v) is 8.32. The summed E-state index contributed by atoms with van der Waals surface area (Å²) in [5, 5.41) is 6.27. The highest BCUT2D eigenvalue weighted by Gasteiger charge is 2.53. The summed E-state index contributed by atoms with van der Waals surface area (Å²) in [7, 11) is 2.14. The molecular weight excluding hydrogens is 558 g/mol. The minimum absolute atomic E-state index is 0.0398. The van der Waals surface area contributed by atoms with Crippen molar-refractivity contribution in [1.29, 1.82) is 0 Å². The molecule has 3 aliphatic heterocycles. The first-order valence-electron chi connectivity index (χ1n) is 14.7. The highest BCUT2D eigenvalue weighted by atomic mass is 32.2. The van der Waals surface area contributed by atoms with Gasteiger partial charge < -0.3 is 24.8 Å². The maximum atomic E-state index is 14.0. The molecule has 1 aromatic carbocycles. The molecule has 4 aliphatic rings. The van der Waals surface area contributed by atoms with E-state index >= 15 is 0 Å². The van der Waals surface area contributed by atoms with Crippen molar-refractivity contribution in [3.8, 4) is 11.3 Å². The standard InChI is InChI=1S/C30H39N5O4S2/c1-33-12-14-34(15-13-33)30-31-22(18-41-30)19-8-10-21(11-9-19)28(37)32-25(20-6-4-3-5-7-20)29(38)35-16-24(40-2)27-26(35)23(36)17-39-27/h8-11,18,20,24-27H,3-7,12-17H2,1-2H3,(H,32,37)/t24-,25-,26+,27+/m0/s1. The topological polar surface area (TPSA) is 95.1 Å². The van der Waals surface area contributed by atoms with E-state index in [0.29, 0.717) is 12.1 Å². The van der Waals surface area contributed by atoms with Crippen LogP contribution in [-0.4, -0.2) is 108 Å². The maximum Gasteiger partial charge on any atom is 0.251 e. The van der Waals surface area contributed by atoms with Gasteiger partial charge in [-0.15, -0.1) is 11.3 Å². The smallest absolute Gasteiger partial charge is 0.251 e. The van der Waals surface area contributed by atoms with Gasteiger partial charge in [0.25, 0.3) is 5.91 Å². The highest BCUT2D eigenvalue weighted by Crippen LogP contribution is 2.36. The van der Waals surface area contributed by atoms with E-state index in [2.05, 4.69) is 27.5 Å². The zero-order valence-corrected chi connectivity index (χ0v) is 25.4. The maximum absolute atomic E-state index is 14.0. The summed E-state index contributed by atoms with van der Waals surface area (Å²) in [6.45, 7) is 4.54. The summed E-state index contributed by atoms with van der Waals surface area (Å²) in [4.78, 5) is 51.5. The van der Waals surface area contributed by atoms with Gasteiger partial charge in [0.15, 0.2) is 10.9 Å². The second kappa shape index (κ2) is 12.4. The first-order chi connectivity index (χ1) is 19.9. The second-order valence-electron chi connectivity index (χ2n) is 11.7. The Hall–Kier alpha value is -2.47. The summed E-state index contributed by atoms with van der Waals surface area (Å²) in [5.41, 5.74) is 2.38. The molecule has 11 heteroatoms. The fraction of sp³-hybridized carbons (Fsp3) is 0.600. The molecule has 1 N–H and O–H groups in total. The Morgan fingerprint density at radius 3 is 2.54 bits per heavy atom. The zero-order chi connectivity index (χ0) is 28.5. The number of Topliss-reactive ketones (excluding diaryl/α,β-unsaturated/α-hetero) is 1. The average Bonchev–Trinajstić information content (AvgIpc) is 3.74. The predicted molar refractivity (Wildman–Crippen MR) is 163 cm³/mol. The molecule has 0 unspecified atom stereocenters. The molecule has 1 saturated carbocycles. The van der Waals surface area contributed by atoms with Crippen molar-refractivity contribution >= 4 is 45.8 Å². The molecule has 41 heavy (non-hydrogen) atoms. The third-order valence-electron chi connectivity index (χ3n) is 9.11. The van der Waals surface area contributed by atoms with Gasteiger partial charge in [-0.2, -0.15) is 11.8 Å². The van der Waals surface area contributed by atoms with Crippen LogP contribution in [0.3, 0.4) is 0 Å². The number of piperazine rings is 1. The van der Waals surface area contributed by atoms with Gasteiger partial charge in [-0.1, -0.05) is 31.4 Å². The molecule has 0 bridgehead atoms. The molecule has 0 radical (unpaired) electrons. The number of aromatic nitrogens is 1. The molecule has 9 nitrogen and oxygen atoms in total. The monoisotopic (exact) mass is 597 g/mol. The van der Waals surface area contributed by atoms with Crippen LogP contribution in [0.2, 0.25) is 0 Å². The van der Waals surface area contributed by atoms with Crippen molar-refractivity contribution in [2.75, 3.05) is 57.5 Å². The number of ether oxygens (including phenoxy) is 1. The first-order valence-corrected chi connectivity index (χ1v) is 16.9. The molecule has 6 rings (SSSR count). The van der Waals surface area contributed by atoms with Gasteiger partial charge in [0.05, 0.1) is 17.0 Å². The Morgan fingerprint density at radius 2 is 1.83 bits per heavy atom. The minimum atomic E-state index is -0.651. The number of hydrogen-bond donors (Lipinski definition) is 1. The number of thioether (sulfide) groups is 1. The first kappa shape index (κ1) is 28.6. The molecule has 3 saturated heterocycles. The number of hydrogen-bond acceptors (Lipinski definition) is 9. The Balaban J connectivity index is 1.16.